The number of aliphatic imine (C=N–C) groups is 1. The maximum atomic E-state index is 10.3. The highest BCUT2D eigenvalue weighted by Gasteiger charge is 2.47. The van der Waals surface area contributed by atoms with E-state index in [4.69, 9.17) is 5.26 Å². The van der Waals surface area contributed by atoms with Crippen molar-refractivity contribution in [2.75, 3.05) is 6.54 Å². The molecule has 0 aromatic heterocycles. The Morgan fingerprint density at radius 3 is 2.79 bits per heavy atom. The topological polar surface area (TPSA) is 56.5 Å². The van der Waals surface area contributed by atoms with Gasteiger partial charge in [0.2, 0.25) is 6.08 Å². The van der Waals surface area contributed by atoms with E-state index in [2.05, 4.69) is 22.9 Å². The van der Waals surface area contributed by atoms with Gasteiger partial charge in [-0.05, 0) is 19.8 Å². The summed E-state index contributed by atoms with van der Waals surface area (Å²) in [6.07, 6.45) is 4.63. The Morgan fingerprint density at radius 1 is 1.57 bits per heavy atom. The molecule has 0 spiro atoms. The zero-order chi connectivity index (χ0) is 10.2. The summed E-state index contributed by atoms with van der Waals surface area (Å²) in [5.74, 6) is 0. The summed E-state index contributed by atoms with van der Waals surface area (Å²) in [7, 11) is 0. The number of carbonyl (C=O) groups excluding carboxylic acids is 1. The second-order valence-electron chi connectivity index (χ2n) is 4.30. The van der Waals surface area contributed by atoms with Crippen LogP contribution >= 0.6 is 0 Å². The number of isocyanates is 1. The molecular weight excluding hydrogens is 178 g/mol. The first-order valence-electron chi connectivity index (χ1n) is 4.97. The minimum Gasteiger partial charge on any atom is -0.294 e. The van der Waals surface area contributed by atoms with E-state index in [1.54, 1.807) is 0 Å². The molecule has 14 heavy (non-hydrogen) atoms. The number of rotatable bonds is 2. The molecule has 1 aliphatic carbocycles. The lowest BCUT2D eigenvalue weighted by atomic mass is 10.00. The standard InChI is InChI=1S/C10H13N3O/c1-8-4-10(5-11,12-7-14)6-13(8)9-2-3-9/h8-9H,2-4,6H2,1H3. The SMILES string of the molecule is CC1CC(C#N)(N=C=O)CN1C1CC1. The van der Waals surface area contributed by atoms with Gasteiger partial charge in [-0.25, -0.2) is 4.79 Å². The van der Waals surface area contributed by atoms with E-state index >= 15 is 0 Å². The number of likely N-dealkylation sites (tertiary alicyclic amines) is 1. The maximum absolute atomic E-state index is 10.3. The van der Waals surface area contributed by atoms with Crippen molar-refractivity contribution >= 4 is 6.08 Å². The van der Waals surface area contributed by atoms with E-state index < -0.39 is 5.54 Å². The third-order valence-electron chi connectivity index (χ3n) is 3.13. The molecule has 2 unspecified atom stereocenters. The van der Waals surface area contributed by atoms with Crippen LogP contribution in [-0.4, -0.2) is 35.1 Å². The van der Waals surface area contributed by atoms with Gasteiger partial charge < -0.3 is 0 Å². The van der Waals surface area contributed by atoms with Gasteiger partial charge in [-0.15, -0.1) is 0 Å². The van der Waals surface area contributed by atoms with Gasteiger partial charge in [0.1, 0.15) is 0 Å². The Hall–Kier alpha value is -1.17. The van der Waals surface area contributed by atoms with Crippen molar-refractivity contribution in [2.45, 2.75) is 43.8 Å². The third-order valence-corrected chi connectivity index (χ3v) is 3.13. The van der Waals surface area contributed by atoms with Crippen LogP contribution in [0.3, 0.4) is 0 Å². The number of nitrogens with zero attached hydrogens (tertiary/aromatic N) is 3. The molecule has 1 saturated carbocycles. The molecular formula is C10H13N3O. The van der Waals surface area contributed by atoms with E-state index in [1.807, 2.05) is 0 Å². The minimum absolute atomic E-state index is 0.360. The predicted octanol–water partition coefficient (Wildman–Crippen LogP) is 0.841. The van der Waals surface area contributed by atoms with Crippen LogP contribution in [0, 0.1) is 11.3 Å². The fourth-order valence-electron chi connectivity index (χ4n) is 2.30. The first-order chi connectivity index (χ1) is 6.71. The first-order valence-corrected chi connectivity index (χ1v) is 4.97. The predicted molar refractivity (Wildman–Crippen MR) is 50.3 cm³/mol. The second-order valence-corrected chi connectivity index (χ2v) is 4.30. The summed E-state index contributed by atoms with van der Waals surface area (Å²) in [5.41, 5.74) is -0.816. The van der Waals surface area contributed by atoms with Crippen LogP contribution in [0.5, 0.6) is 0 Å². The van der Waals surface area contributed by atoms with E-state index in [0.717, 1.165) is 0 Å². The van der Waals surface area contributed by atoms with E-state index in [-0.39, 0.29) is 0 Å². The Morgan fingerprint density at radius 2 is 2.29 bits per heavy atom. The van der Waals surface area contributed by atoms with Crippen LogP contribution < -0.4 is 0 Å². The monoisotopic (exact) mass is 191 g/mol. The van der Waals surface area contributed by atoms with Gasteiger partial charge in [-0.3, -0.25) is 4.90 Å². The molecule has 0 aromatic rings. The second kappa shape index (κ2) is 3.20. The summed E-state index contributed by atoms with van der Waals surface area (Å²) in [5, 5.41) is 9.04. The lowest BCUT2D eigenvalue weighted by Gasteiger charge is -2.19. The quantitative estimate of drug-likeness (QED) is 0.480. The molecule has 1 aliphatic heterocycles. The van der Waals surface area contributed by atoms with Crippen LogP contribution in [-0.2, 0) is 4.79 Å². The molecule has 2 rings (SSSR count). The van der Waals surface area contributed by atoms with Crippen LogP contribution in [0.15, 0.2) is 4.99 Å². The molecule has 0 bridgehead atoms. The van der Waals surface area contributed by atoms with Crippen LogP contribution in [0.25, 0.3) is 0 Å². The van der Waals surface area contributed by atoms with E-state index in [1.165, 1.54) is 18.9 Å². The zero-order valence-corrected chi connectivity index (χ0v) is 8.23. The molecule has 2 aliphatic rings. The van der Waals surface area contributed by atoms with Gasteiger partial charge in [-0.1, -0.05) is 0 Å². The largest absolute Gasteiger partial charge is 0.294 e. The molecule has 2 fully saturated rings. The molecule has 1 heterocycles. The van der Waals surface area contributed by atoms with Crippen molar-refractivity contribution in [1.29, 1.82) is 5.26 Å². The summed E-state index contributed by atoms with van der Waals surface area (Å²) in [6.45, 7) is 2.70. The van der Waals surface area contributed by atoms with Crippen molar-refractivity contribution < 1.29 is 4.79 Å². The molecule has 2 atom stereocenters. The molecule has 4 heteroatoms. The fraction of sp³-hybridized carbons (Fsp3) is 0.800. The normalized spacial score (nSPS) is 37.6. The number of hydrogen-bond acceptors (Lipinski definition) is 4. The Bertz CT molecular complexity index is 325. The molecule has 0 amide bonds. The van der Waals surface area contributed by atoms with E-state index in [0.29, 0.717) is 25.0 Å². The number of hydrogen-bond donors (Lipinski definition) is 0. The van der Waals surface area contributed by atoms with Crippen molar-refractivity contribution in [3.8, 4) is 6.07 Å². The molecule has 0 N–H and O–H groups in total. The lowest BCUT2D eigenvalue weighted by Crippen LogP contribution is -2.32. The molecule has 4 nitrogen and oxygen atoms in total. The molecule has 0 aromatic carbocycles. The van der Waals surface area contributed by atoms with Gasteiger partial charge in [0.25, 0.3) is 0 Å². The fourth-order valence-corrected chi connectivity index (χ4v) is 2.30. The molecule has 1 saturated heterocycles. The third kappa shape index (κ3) is 1.45. The Balaban J connectivity index is 2.17. The highest BCUT2D eigenvalue weighted by atomic mass is 16.1. The van der Waals surface area contributed by atoms with E-state index in [9.17, 15) is 4.79 Å². The van der Waals surface area contributed by atoms with Gasteiger partial charge in [0, 0.05) is 25.0 Å². The number of nitriles is 1. The average molecular weight is 191 g/mol. The summed E-state index contributed by atoms with van der Waals surface area (Å²) >= 11 is 0. The van der Waals surface area contributed by atoms with Crippen molar-refractivity contribution in [3.63, 3.8) is 0 Å². The smallest absolute Gasteiger partial charge is 0.236 e. The highest BCUT2D eigenvalue weighted by Crippen LogP contribution is 2.38. The minimum atomic E-state index is -0.816. The highest BCUT2D eigenvalue weighted by molar-refractivity contribution is 5.38. The van der Waals surface area contributed by atoms with Gasteiger partial charge >= 0.3 is 0 Å². The Labute approximate surface area is 83.2 Å². The van der Waals surface area contributed by atoms with Crippen molar-refractivity contribution in [3.05, 3.63) is 0 Å². The summed E-state index contributed by atoms with van der Waals surface area (Å²) in [4.78, 5) is 16.2. The van der Waals surface area contributed by atoms with Gasteiger partial charge in [0.05, 0.1) is 6.07 Å². The zero-order valence-electron chi connectivity index (χ0n) is 8.23. The van der Waals surface area contributed by atoms with Crippen molar-refractivity contribution in [1.82, 2.24) is 4.90 Å². The first kappa shape index (κ1) is 9.39. The maximum Gasteiger partial charge on any atom is 0.236 e. The van der Waals surface area contributed by atoms with Gasteiger partial charge in [-0.2, -0.15) is 10.3 Å². The van der Waals surface area contributed by atoms with Gasteiger partial charge in [0.15, 0.2) is 5.54 Å². The summed E-state index contributed by atoms with van der Waals surface area (Å²) in [6, 6.07) is 3.14. The molecule has 74 valence electrons. The van der Waals surface area contributed by atoms with Crippen molar-refractivity contribution in [2.24, 2.45) is 4.99 Å². The molecule has 0 radical (unpaired) electrons. The van der Waals surface area contributed by atoms with Crippen LogP contribution in [0.2, 0.25) is 0 Å². The Kier molecular flexibility index (Phi) is 2.14. The van der Waals surface area contributed by atoms with Crippen LogP contribution in [0.4, 0.5) is 0 Å². The lowest BCUT2D eigenvalue weighted by molar-refractivity contribution is 0.254. The summed E-state index contributed by atoms with van der Waals surface area (Å²) < 4.78 is 0. The van der Waals surface area contributed by atoms with Crippen LogP contribution in [0.1, 0.15) is 26.2 Å². The average Bonchev–Trinajstić information content (AvgIpc) is 2.94.